The Kier molecular flexibility index (Phi) is 4.04. The molecule has 2 aromatic carbocycles. The van der Waals surface area contributed by atoms with Crippen LogP contribution in [0.2, 0.25) is 0 Å². The molecular weight excluding hydrogens is 271 g/mol. The number of hydrogen-bond donors (Lipinski definition) is 1. The first-order valence-electron chi connectivity index (χ1n) is 6.61. The van der Waals surface area contributed by atoms with Gasteiger partial charge in [-0.25, -0.2) is 9.37 Å². The van der Waals surface area contributed by atoms with Gasteiger partial charge in [-0.05, 0) is 42.8 Å². The topological polar surface area (TPSA) is 24.9 Å². The van der Waals surface area contributed by atoms with Crippen LogP contribution in [0, 0.1) is 5.82 Å². The van der Waals surface area contributed by atoms with Gasteiger partial charge in [-0.2, -0.15) is 0 Å². The average Bonchev–Trinajstić information content (AvgIpc) is 2.88. The summed E-state index contributed by atoms with van der Waals surface area (Å²) < 4.78 is 14.0. The Balaban J connectivity index is 1.51. The Morgan fingerprint density at radius 2 is 1.85 bits per heavy atom. The van der Waals surface area contributed by atoms with E-state index in [1.165, 1.54) is 16.8 Å². The molecule has 0 saturated carbocycles. The van der Waals surface area contributed by atoms with Crippen molar-refractivity contribution in [3.05, 3.63) is 64.9 Å². The molecule has 20 heavy (non-hydrogen) atoms. The predicted octanol–water partition coefficient (Wildman–Crippen LogP) is 3.77. The first kappa shape index (κ1) is 13.2. The van der Waals surface area contributed by atoms with Crippen molar-refractivity contribution in [2.75, 3.05) is 6.54 Å². The lowest BCUT2D eigenvalue weighted by atomic mass is 10.1. The number of rotatable bonds is 5. The number of thiazole rings is 1. The third kappa shape index (κ3) is 3.21. The maximum absolute atomic E-state index is 12.8. The Morgan fingerprint density at radius 3 is 2.65 bits per heavy atom. The molecule has 0 fully saturated rings. The molecule has 0 unspecified atom stereocenters. The average molecular weight is 286 g/mol. The zero-order valence-corrected chi connectivity index (χ0v) is 11.8. The highest BCUT2D eigenvalue weighted by molar-refractivity contribution is 7.18. The molecule has 0 amide bonds. The molecule has 1 aromatic heterocycles. The summed E-state index contributed by atoms with van der Waals surface area (Å²) in [4.78, 5) is 4.58. The van der Waals surface area contributed by atoms with Gasteiger partial charge >= 0.3 is 0 Å². The molecule has 3 aromatic rings. The first-order valence-corrected chi connectivity index (χ1v) is 7.42. The quantitative estimate of drug-likeness (QED) is 0.722. The molecule has 1 N–H and O–H groups in total. The van der Waals surface area contributed by atoms with Crippen molar-refractivity contribution in [1.82, 2.24) is 10.3 Å². The van der Waals surface area contributed by atoms with Crippen molar-refractivity contribution in [2.45, 2.75) is 13.0 Å². The Labute approximate surface area is 121 Å². The van der Waals surface area contributed by atoms with E-state index < -0.39 is 0 Å². The van der Waals surface area contributed by atoms with Gasteiger partial charge in [0.05, 0.1) is 10.2 Å². The smallest absolute Gasteiger partial charge is 0.123 e. The number of fused-ring (bicyclic) bond motifs is 1. The molecule has 0 radical (unpaired) electrons. The van der Waals surface area contributed by atoms with Crippen LogP contribution in [-0.4, -0.2) is 11.5 Å². The van der Waals surface area contributed by atoms with Gasteiger partial charge in [0.15, 0.2) is 0 Å². The van der Waals surface area contributed by atoms with Crippen molar-refractivity contribution in [3.8, 4) is 0 Å². The zero-order chi connectivity index (χ0) is 13.8. The molecule has 1 heterocycles. The van der Waals surface area contributed by atoms with Crippen molar-refractivity contribution in [3.63, 3.8) is 0 Å². The third-order valence-electron chi connectivity index (χ3n) is 3.12. The normalized spacial score (nSPS) is 11.1. The largest absolute Gasteiger partial charge is 0.310 e. The van der Waals surface area contributed by atoms with Gasteiger partial charge in [0.2, 0.25) is 0 Å². The summed E-state index contributed by atoms with van der Waals surface area (Å²) >= 11 is 1.72. The van der Waals surface area contributed by atoms with E-state index in [4.69, 9.17) is 0 Å². The van der Waals surface area contributed by atoms with Gasteiger partial charge in [-0.15, -0.1) is 11.3 Å². The Morgan fingerprint density at radius 1 is 1.05 bits per heavy atom. The van der Waals surface area contributed by atoms with Crippen LogP contribution in [0.3, 0.4) is 0 Å². The molecule has 102 valence electrons. The standard InChI is InChI=1S/C16H15FN2S/c17-13-7-5-12(6-8-13)9-10-18-11-16-19-14-3-1-2-4-15(14)20-16/h1-8,18H,9-11H2. The van der Waals surface area contributed by atoms with Gasteiger partial charge in [0.25, 0.3) is 0 Å². The van der Waals surface area contributed by atoms with Crippen molar-refractivity contribution in [1.29, 1.82) is 0 Å². The monoisotopic (exact) mass is 286 g/mol. The molecular formula is C16H15FN2S. The van der Waals surface area contributed by atoms with Gasteiger partial charge in [-0.3, -0.25) is 0 Å². The maximum Gasteiger partial charge on any atom is 0.123 e. The van der Waals surface area contributed by atoms with E-state index in [1.54, 1.807) is 11.3 Å². The predicted molar refractivity (Wildman–Crippen MR) is 81.4 cm³/mol. The van der Waals surface area contributed by atoms with Crippen LogP contribution >= 0.6 is 11.3 Å². The number of aromatic nitrogens is 1. The third-order valence-corrected chi connectivity index (χ3v) is 4.15. The van der Waals surface area contributed by atoms with Gasteiger partial charge in [-0.1, -0.05) is 24.3 Å². The van der Waals surface area contributed by atoms with Gasteiger partial charge < -0.3 is 5.32 Å². The van der Waals surface area contributed by atoms with Gasteiger partial charge in [0, 0.05) is 6.54 Å². The highest BCUT2D eigenvalue weighted by Crippen LogP contribution is 2.21. The number of hydrogen-bond acceptors (Lipinski definition) is 3. The zero-order valence-electron chi connectivity index (χ0n) is 11.0. The summed E-state index contributed by atoms with van der Waals surface area (Å²) in [6.07, 6.45) is 0.894. The number of benzene rings is 2. The number of nitrogens with one attached hydrogen (secondary N) is 1. The Bertz CT molecular complexity index is 658. The maximum atomic E-state index is 12.8. The minimum Gasteiger partial charge on any atom is -0.310 e. The van der Waals surface area contributed by atoms with Gasteiger partial charge in [0.1, 0.15) is 10.8 Å². The summed E-state index contributed by atoms with van der Waals surface area (Å²) in [6.45, 7) is 1.64. The second-order valence-corrected chi connectivity index (χ2v) is 5.74. The van der Waals surface area contributed by atoms with E-state index >= 15 is 0 Å². The van der Waals surface area contributed by atoms with Crippen molar-refractivity contribution in [2.24, 2.45) is 0 Å². The minimum atomic E-state index is -0.184. The summed E-state index contributed by atoms with van der Waals surface area (Å²) in [7, 11) is 0. The van der Waals surface area contributed by atoms with Crippen molar-refractivity contribution < 1.29 is 4.39 Å². The molecule has 0 atom stereocenters. The van der Waals surface area contributed by atoms with Crippen LogP contribution in [0.5, 0.6) is 0 Å². The number of nitrogens with zero attached hydrogens (tertiary/aromatic N) is 1. The van der Waals surface area contributed by atoms with E-state index in [9.17, 15) is 4.39 Å². The van der Waals surface area contributed by atoms with E-state index in [-0.39, 0.29) is 5.82 Å². The molecule has 0 bridgehead atoms. The summed E-state index contributed by atoms with van der Waals surface area (Å²) in [6, 6.07) is 14.8. The molecule has 4 heteroatoms. The lowest BCUT2D eigenvalue weighted by Gasteiger charge is -2.02. The minimum absolute atomic E-state index is 0.184. The molecule has 0 saturated heterocycles. The Hall–Kier alpha value is -1.78. The van der Waals surface area contributed by atoms with Crippen LogP contribution in [0.25, 0.3) is 10.2 Å². The fraction of sp³-hybridized carbons (Fsp3) is 0.188. The number of halogens is 1. The second-order valence-electron chi connectivity index (χ2n) is 4.63. The highest BCUT2D eigenvalue weighted by atomic mass is 32.1. The van der Waals surface area contributed by atoms with E-state index in [2.05, 4.69) is 16.4 Å². The summed E-state index contributed by atoms with van der Waals surface area (Å²) in [5, 5.41) is 4.48. The SMILES string of the molecule is Fc1ccc(CCNCc2nc3ccccc3s2)cc1. The molecule has 0 spiro atoms. The van der Waals surface area contributed by atoms with Crippen LogP contribution in [0.15, 0.2) is 48.5 Å². The van der Waals surface area contributed by atoms with Crippen LogP contribution < -0.4 is 5.32 Å². The van der Waals surface area contributed by atoms with E-state index in [0.717, 1.165) is 35.6 Å². The molecule has 0 aliphatic rings. The molecule has 3 rings (SSSR count). The van der Waals surface area contributed by atoms with E-state index in [0.29, 0.717) is 0 Å². The lowest BCUT2D eigenvalue weighted by Crippen LogP contribution is -2.16. The molecule has 0 aliphatic heterocycles. The lowest BCUT2D eigenvalue weighted by molar-refractivity contribution is 0.626. The summed E-state index contributed by atoms with van der Waals surface area (Å²) in [5.74, 6) is -0.184. The van der Waals surface area contributed by atoms with Crippen LogP contribution in [0.4, 0.5) is 4.39 Å². The van der Waals surface area contributed by atoms with Crippen molar-refractivity contribution >= 4 is 21.6 Å². The highest BCUT2D eigenvalue weighted by Gasteiger charge is 2.02. The second kappa shape index (κ2) is 6.11. The molecule has 2 nitrogen and oxygen atoms in total. The summed E-state index contributed by atoms with van der Waals surface area (Å²) in [5.41, 5.74) is 2.20. The van der Waals surface area contributed by atoms with Crippen LogP contribution in [0.1, 0.15) is 10.6 Å². The van der Waals surface area contributed by atoms with E-state index in [1.807, 2.05) is 30.3 Å². The number of para-hydroxylation sites is 1. The first-order chi connectivity index (χ1) is 9.81. The molecule has 0 aliphatic carbocycles. The fourth-order valence-electron chi connectivity index (χ4n) is 2.07. The van der Waals surface area contributed by atoms with Crippen LogP contribution in [-0.2, 0) is 13.0 Å². The fourth-order valence-corrected chi connectivity index (χ4v) is 3.01.